The van der Waals surface area contributed by atoms with E-state index < -0.39 is 10.0 Å². The Morgan fingerprint density at radius 1 is 0.833 bits per heavy atom. The molecule has 24 heavy (non-hydrogen) atoms. The number of benzene rings is 3. The third-order valence-electron chi connectivity index (χ3n) is 3.21. The van der Waals surface area contributed by atoms with E-state index in [2.05, 4.69) is 4.72 Å². The average Bonchev–Trinajstić information content (AvgIpc) is 2.59. The van der Waals surface area contributed by atoms with E-state index in [4.69, 9.17) is 11.6 Å². The number of hydrogen-bond acceptors (Lipinski definition) is 3. The summed E-state index contributed by atoms with van der Waals surface area (Å²) in [7, 11) is -3.65. The van der Waals surface area contributed by atoms with Gasteiger partial charge in [-0.25, -0.2) is 8.42 Å². The highest BCUT2D eigenvalue weighted by Crippen LogP contribution is 2.36. The van der Waals surface area contributed by atoms with Crippen molar-refractivity contribution in [2.75, 3.05) is 4.72 Å². The van der Waals surface area contributed by atoms with Crippen molar-refractivity contribution in [2.45, 2.75) is 14.7 Å². The molecular formula is C18H14ClNO2S2. The molecule has 0 aromatic heterocycles. The maximum absolute atomic E-state index is 12.5. The maximum atomic E-state index is 12.5. The summed E-state index contributed by atoms with van der Waals surface area (Å²) in [4.78, 5) is 1.96. The lowest BCUT2D eigenvalue weighted by molar-refractivity contribution is 0.601. The fourth-order valence-corrected chi connectivity index (χ4v) is 4.45. The number of sulfonamides is 1. The Labute approximate surface area is 150 Å². The molecule has 0 bridgehead atoms. The fraction of sp³-hybridized carbons (Fsp3) is 0. The topological polar surface area (TPSA) is 46.2 Å². The second kappa shape index (κ2) is 7.30. The lowest BCUT2D eigenvalue weighted by atomic mass is 10.3. The van der Waals surface area contributed by atoms with E-state index in [0.29, 0.717) is 10.7 Å². The van der Waals surface area contributed by atoms with Crippen LogP contribution in [0.3, 0.4) is 0 Å². The summed E-state index contributed by atoms with van der Waals surface area (Å²) in [6.45, 7) is 0. The van der Waals surface area contributed by atoms with E-state index in [1.807, 2.05) is 30.3 Å². The first kappa shape index (κ1) is 16.9. The Hall–Kier alpha value is -1.95. The molecular weight excluding hydrogens is 362 g/mol. The predicted octanol–water partition coefficient (Wildman–Crippen LogP) is 5.29. The van der Waals surface area contributed by atoms with Gasteiger partial charge in [0.05, 0.1) is 10.6 Å². The van der Waals surface area contributed by atoms with Gasteiger partial charge in [-0.15, -0.1) is 0 Å². The third-order valence-corrected chi connectivity index (χ3v) is 5.89. The molecule has 0 spiro atoms. The van der Waals surface area contributed by atoms with Crippen LogP contribution in [0.25, 0.3) is 0 Å². The Morgan fingerprint density at radius 2 is 1.46 bits per heavy atom. The number of anilines is 1. The van der Waals surface area contributed by atoms with Crippen LogP contribution in [0.4, 0.5) is 5.69 Å². The molecule has 0 heterocycles. The van der Waals surface area contributed by atoms with Gasteiger partial charge in [0, 0.05) is 14.8 Å². The van der Waals surface area contributed by atoms with Crippen LogP contribution < -0.4 is 4.72 Å². The molecule has 0 unspecified atom stereocenters. The highest BCUT2D eigenvalue weighted by Gasteiger charge is 2.16. The largest absolute Gasteiger partial charge is 0.278 e. The Balaban J connectivity index is 1.94. The molecule has 0 aliphatic rings. The number of hydrogen-bond donors (Lipinski definition) is 1. The maximum Gasteiger partial charge on any atom is 0.261 e. The van der Waals surface area contributed by atoms with Crippen molar-refractivity contribution in [3.8, 4) is 0 Å². The van der Waals surface area contributed by atoms with Crippen molar-refractivity contribution >= 4 is 39.1 Å². The van der Waals surface area contributed by atoms with Gasteiger partial charge in [0.25, 0.3) is 10.0 Å². The Bertz CT molecular complexity index is 930. The summed E-state index contributed by atoms with van der Waals surface area (Å²) in [6, 6.07) is 23.1. The first-order valence-corrected chi connectivity index (χ1v) is 9.83. The van der Waals surface area contributed by atoms with Crippen LogP contribution >= 0.6 is 23.4 Å². The standard InChI is InChI=1S/C18H14ClNO2S2/c19-14-11-12-17(18(13-14)23-15-7-3-1-4-8-15)20-24(21,22)16-9-5-2-6-10-16/h1-13,20H. The van der Waals surface area contributed by atoms with Crippen molar-refractivity contribution in [1.82, 2.24) is 0 Å². The van der Waals surface area contributed by atoms with Gasteiger partial charge in [0.15, 0.2) is 0 Å². The van der Waals surface area contributed by atoms with Gasteiger partial charge in [-0.3, -0.25) is 4.72 Å². The molecule has 3 nitrogen and oxygen atoms in total. The predicted molar refractivity (Wildman–Crippen MR) is 99.3 cm³/mol. The van der Waals surface area contributed by atoms with Crippen molar-refractivity contribution in [1.29, 1.82) is 0 Å². The van der Waals surface area contributed by atoms with Crippen molar-refractivity contribution in [3.05, 3.63) is 83.9 Å². The molecule has 0 fully saturated rings. The molecule has 0 saturated heterocycles. The molecule has 1 N–H and O–H groups in total. The van der Waals surface area contributed by atoms with E-state index in [0.717, 1.165) is 9.79 Å². The SMILES string of the molecule is O=S(=O)(Nc1ccc(Cl)cc1Sc1ccccc1)c1ccccc1. The summed E-state index contributed by atoms with van der Waals surface area (Å²) >= 11 is 7.53. The van der Waals surface area contributed by atoms with Crippen LogP contribution in [0.5, 0.6) is 0 Å². The molecule has 0 atom stereocenters. The summed E-state index contributed by atoms with van der Waals surface area (Å²) in [5, 5.41) is 0.552. The number of rotatable bonds is 5. The van der Waals surface area contributed by atoms with Crippen LogP contribution in [-0.2, 0) is 10.0 Å². The molecule has 0 aliphatic heterocycles. The van der Waals surface area contributed by atoms with E-state index in [-0.39, 0.29) is 4.90 Å². The zero-order chi connectivity index (χ0) is 17.0. The summed E-state index contributed by atoms with van der Waals surface area (Å²) in [5.74, 6) is 0. The minimum absolute atomic E-state index is 0.218. The highest BCUT2D eigenvalue weighted by atomic mass is 35.5. The zero-order valence-electron chi connectivity index (χ0n) is 12.5. The molecule has 0 aliphatic carbocycles. The molecule has 122 valence electrons. The number of halogens is 1. The summed E-state index contributed by atoms with van der Waals surface area (Å²) < 4.78 is 27.7. The monoisotopic (exact) mass is 375 g/mol. The van der Waals surface area contributed by atoms with Crippen LogP contribution in [0.1, 0.15) is 0 Å². The number of nitrogens with one attached hydrogen (secondary N) is 1. The van der Waals surface area contributed by atoms with Crippen LogP contribution in [0.15, 0.2) is 93.5 Å². The van der Waals surface area contributed by atoms with Gasteiger partial charge >= 0.3 is 0 Å². The van der Waals surface area contributed by atoms with Crippen LogP contribution in [0.2, 0.25) is 5.02 Å². The van der Waals surface area contributed by atoms with Gasteiger partial charge < -0.3 is 0 Å². The highest BCUT2D eigenvalue weighted by molar-refractivity contribution is 7.99. The normalized spacial score (nSPS) is 11.2. The minimum atomic E-state index is -3.65. The molecule has 6 heteroatoms. The van der Waals surface area contributed by atoms with Crippen molar-refractivity contribution in [3.63, 3.8) is 0 Å². The average molecular weight is 376 g/mol. The zero-order valence-corrected chi connectivity index (χ0v) is 14.9. The Morgan fingerprint density at radius 3 is 2.12 bits per heavy atom. The third kappa shape index (κ3) is 4.12. The van der Waals surface area contributed by atoms with E-state index in [1.165, 1.54) is 11.8 Å². The lowest BCUT2D eigenvalue weighted by Crippen LogP contribution is -2.13. The van der Waals surface area contributed by atoms with Gasteiger partial charge in [0.2, 0.25) is 0 Å². The summed E-state index contributed by atoms with van der Waals surface area (Å²) in [5.41, 5.74) is 0.497. The van der Waals surface area contributed by atoms with Gasteiger partial charge in [0.1, 0.15) is 0 Å². The van der Waals surface area contributed by atoms with E-state index >= 15 is 0 Å². The first-order valence-electron chi connectivity index (χ1n) is 7.15. The molecule has 3 aromatic rings. The smallest absolute Gasteiger partial charge is 0.261 e. The van der Waals surface area contributed by atoms with E-state index in [1.54, 1.807) is 48.5 Å². The van der Waals surface area contributed by atoms with Gasteiger partial charge in [-0.05, 0) is 42.5 Å². The molecule has 0 amide bonds. The molecule has 3 rings (SSSR count). The van der Waals surface area contributed by atoms with Gasteiger partial charge in [-0.1, -0.05) is 59.8 Å². The first-order chi connectivity index (χ1) is 11.5. The second-order valence-corrected chi connectivity index (χ2v) is 8.21. The Kier molecular flexibility index (Phi) is 5.14. The minimum Gasteiger partial charge on any atom is -0.278 e. The molecule has 3 aromatic carbocycles. The summed E-state index contributed by atoms with van der Waals surface area (Å²) in [6.07, 6.45) is 0. The lowest BCUT2D eigenvalue weighted by Gasteiger charge is -2.13. The van der Waals surface area contributed by atoms with Crippen molar-refractivity contribution in [2.24, 2.45) is 0 Å². The van der Waals surface area contributed by atoms with Crippen LogP contribution in [-0.4, -0.2) is 8.42 Å². The molecule has 0 saturated carbocycles. The van der Waals surface area contributed by atoms with Gasteiger partial charge in [-0.2, -0.15) is 0 Å². The second-order valence-electron chi connectivity index (χ2n) is 4.97. The van der Waals surface area contributed by atoms with E-state index in [9.17, 15) is 8.42 Å². The van der Waals surface area contributed by atoms with Crippen molar-refractivity contribution < 1.29 is 8.42 Å². The van der Waals surface area contributed by atoms with Crippen LogP contribution in [0, 0.1) is 0 Å². The molecule has 0 radical (unpaired) electrons. The fourth-order valence-electron chi connectivity index (χ4n) is 2.08. The quantitative estimate of drug-likeness (QED) is 0.658.